The number of nitrogens with one attached hydrogen (secondary N) is 2. The van der Waals surface area contributed by atoms with Gasteiger partial charge in [0.1, 0.15) is 0 Å². The van der Waals surface area contributed by atoms with E-state index >= 15 is 0 Å². The van der Waals surface area contributed by atoms with Gasteiger partial charge in [0.2, 0.25) is 0 Å². The van der Waals surface area contributed by atoms with Gasteiger partial charge in [-0.25, -0.2) is 0 Å². The molecule has 0 unspecified atom stereocenters. The quantitative estimate of drug-likeness (QED) is 0.399. The molecule has 2 N–H and O–H groups in total. The van der Waals surface area contributed by atoms with E-state index in [2.05, 4.69) is 10.6 Å². The summed E-state index contributed by atoms with van der Waals surface area (Å²) in [5, 5.41) is 8.25. The zero-order chi connectivity index (χ0) is 22.1. The van der Waals surface area contributed by atoms with E-state index in [9.17, 15) is 9.59 Å². The number of benzene rings is 3. The highest BCUT2D eigenvalue weighted by Crippen LogP contribution is 2.36. The van der Waals surface area contributed by atoms with Crippen LogP contribution >= 0.6 is 11.3 Å². The van der Waals surface area contributed by atoms with Gasteiger partial charge < -0.3 is 15.5 Å². The van der Waals surface area contributed by atoms with Gasteiger partial charge >= 0.3 is 0 Å². The van der Waals surface area contributed by atoms with Gasteiger partial charge in [0.05, 0.1) is 22.8 Å². The summed E-state index contributed by atoms with van der Waals surface area (Å²) in [4.78, 5) is 28.5. The number of fused-ring (bicyclic) bond motifs is 2. The summed E-state index contributed by atoms with van der Waals surface area (Å²) in [6, 6.07) is 24.8. The van der Waals surface area contributed by atoms with Crippen molar-refractivity contribution in [2.75, 3.05) is 15.5 Å². The highest BCUT2D eigenvalue weighted by Gasteiger charge is 2.24. The molecule has 0 bridgehead atoms. The largest absolute Gasteiger partial charge is 0.354 e. The molecule has 0 saturated carbocycles. The lowest BCUT2D eigenvalue weighted by Gasteiger charge is -2.23. The fourth-order valence-electron chi connectivity index (χ4n) is 3.82. The van der Waals surface area contributed by atoms with Crippen LogP contribution in [-0.4, -0.2) is 11.8 Å². The van der Waals surface area contributed by atoms with Gasteiger partial charge in [-0.15, -0.1) is 11.3 Å². The van der Waals surface area contributed by atoms with E-state index < -0.39 is 0 Å². The molecule has 0 spiro atoms. The van der Waals surface area contributed by atoms with Crippen molar-refractivity contribution in [3.8, 4) is 0 Å². The molecule has 1 aromatic heterocycles. The topological polar surface area (TPSA) is 61.4 Å². The molecule has 5 rings (SSSR count). The molecule has 5 nitrogen and oxygen atoms in total. The standard InChI is InChI=1S/C26H21N3O2S/c1-17-14-15-32-24(17)25(30)27-20-12-10-18(11-13-20)26(31)29-16-19-6-2-3-7-21(19)28-22-8-4-5-9-23(22)29/h2-15,28H,16H2,1H3,(H,27,30). The van der Waals surface area contributed by atoms with E-state index in [4.69, 9.17) is 0 Å². The lowest BCUT2D eigenvalue weighted by Crippen LogP contribution is -2.30. The SMILES string of the molecule is Cc1ccsc1C(=O)Nc1ccc(C(=O)N2Cc3ccccc3Nc3ccccc32)cc1. The third kappa shape index (κ3) is 3.76. The number of carbonyl (C=O) groups is 2. The van der Waals surface area contributed by atoms with Crippen LogP contribution in [-0.2, 0) is 6.54 Å². The molecule has 32 heavy (non-hydrogen) atoms. The van der Waals surface area contributed by atoms with Crippen LogP contribution in [0.15, 0.2) is 84.2 Å². The highest BCUT2D eigenvalue weighted by atomic mass is 32.1. The first-order valence-corrected chi connectivity index (χ1v) is 11.2. The van der Waals surface area contributed by atoms with Crippen molar-refractivity contribution in [1.29, 1.82) is 0 Å². The average molecular weight is 440 g/mol. The maximum absolute atomic E-state index is 13.5. The van der Waals surface area contributed by atoms with Gasteiger partial charge in [-0.1, -0.05) is 30.3 Å². The van der Waals surface area contributed by atoms with Crippen LogP contribution in [0.4, 0.5) is 22.7 Å². The van der Waals surface area contributed by atoms with E-state index in [1.165, 1.54) is 11.3 Å². The van der Waals surface area contributed by atoms with Crippen molar-refractivity contribution < 1.29 is 9.59 Å². The zero-order valence-corrected chi connectivity index (χ0v) is 18.3. The summed E-state index contributed by atoms with van der Waals surface area (Å²) in [6.07, 6.45) is 0. The Morgan fingerprint density at radius 2 is 1.62 bits per heavy atom. The summed E-state index contributed by atoms with van der Waals surface area (Å²) < 4.78 is 0. The molecule has 2 amide bonds. The first-order chi connectivity index (χ1) is 15.6. The molecule has 0 saturated heterocycles. The Morgan fingerprint density at radius 3 is 2.38 bits per heavy atom. The lowest BCUT2D eigenvalue weighted by molar-refractivity contribution is 0.0984. The van der Waals surface area contributed by atoms with E-state index in [1.807, 2.05) is 66.9 Å². The molecule has 2 heterocycles. The molecular weight excluding hydrogens is 418 g/mol. The van der Waals surface area contributed by atoms with E-state index in [0.29, 0.717) is 22.7 Å². The number of hydrogen-bond donors (Lipinski definition) is 2. The Balaban J connectivity index is 1.41. The van der Waals surface area contributed by atoms with Crippen molar-refractivity contribution >= 4 is 45.9 Å². The normalized spacial score (nSPS) is 12.2. The van der Waals surface area contributed by atoms with Gasteiger partial charge in [0, 0.05) is 16.9 Å². The van der Waals surface area contributed by atoms with Crippen LogP contribution in [0.25, 0.3) is 0 Å². The number of thiophene rings is 1. The summed E-state index contributed by atoms with van der Waals surface area (Å²) >= 11 is 1.41. The third-order valence-electron chi connectivity index (χ3n) is 5.51. The fraction of sp³-hybridized carbons (Fsp3) is 0.0769. The summed E-state index contributed by atoms with van der Waals surface area (Å²) in [7, 11) is 0. The monoisotopic (exact) mass is 439 g/mol. The molecular formula is C26H21N3O2S. The Morgan fingerprint density at radius 1 is 0.906 bits per heavy atom. The van der Waals surface area contributed by atoms with Crippen LogP contribution in [0, 0.1) is 6.92 Å². The minimum atomic E-state index is -0.138. The van der Waals surface area contributed by atoms with Crippen LogP contribution < -0.4 is 15.5 Å². The number of nitrogens with zero attached hydrogens (tertiary/aromatic N) is 1. The van der Waals surface area contributed by atoms with Crippen LogP contribution in [0.5, 0.6) is 0 Å². The first-order valence-electron chi connectivity index (χ1n) is 10.3. The number of aryl methyl sites for hydroxylation is 1. The Labute approximate surface area is 190 Å². The molecule has 158 valence electrons. The Kier molecular flexibility index (Phi) is 5.21. The van der Waals surface area contributed by atoms with Crippen LogP contribution in [0.2, 0.25) is 0 Å². The van der Waals surface area contributed by atoms with E-state index in [1.54, 1.807) is 29.2 Å². The molecule has 6 heteroatoms. The second-order valence-electron chi connectivity index (χ2n) is 7.65. The van der Waals surface area contributed by atoms with Gasteiger partial charge in [0.25, 0.3) is 11.8 Å². The second-order valence-corrected chi connectivity index (χ2v) is 8.57. The summed E-state index contributed by atoms with van der Waals surface area (Å²) in [6.45, 7) is 2.38. The zero-order valence-electron chi connectivity index (χ0n) is 17.5. The van der Waals surface area contributed by atoms with Gasteiger partial charge in [0.15, 0.2) is 0 Å². The minimum absolute atomic E-state index is 0.0945. The molecule has 1 aliphatic heterocycles. The second kappa shape index (κ2) is 8.32. The van der Waals surface area contributed by atoms with Gasteiger partial charge in [-0.3, -0.25) is 9.59 Å². The van der Waals surface area contributed by atoms with Crippen molar-refractivity contribution in [2.45, 2.75) is 13.5 Å². The minimum Gasteiger partial charge on any atom is -0.354 e. The summed E-state index contributed by atoms with van der Waals surface area (Å²) in [5.74, 6) is -0.233. The predicted octanol–water partition coefficient (Wildman–Crippen LogP) is 6.21. The van der Waals surface area contributed by atoms with Gasteiger partial charge in [-0.2, -0.15) is 0 Å². The lowest BCUT2D eigenvalue weighted by atomic mass is 10.1. The fourth-order valence-corrected chi connectivity index (χ4v) is 4.64. The number of rotatable bonds is 3. The molecule has 0 radical (unpaired) electrons. The predicted molar refractivity (Wildman–Crippen MR) is 130 cm³/mol. The smallest absolute Gasteiger partial charge is 0.265 e. The molecule has 0 aliphatic carbocycles. The number of carbonyl (C=O) groups excluding carboxylic acids is 2. The average Bonchev–Trinajstić information content (AvgIpc) is 3.17. The molecule has 0 fully saturated rings. The van der Waals surface area contributed by atoms with Gasteiger partial charge in [-0.05, 0) is 72.0 Å². The molecule has 0 atom stereocenters. The maximum atomic E-state index is 13.5. The number of anilines is 4. The Hall–Kier alpha value is -3.90. The van der Waals surface area contributed by atoms with E-state index in [-0.39, 0.29) is 11.8 Å². The maximum Gasteiger partial charge on any atom is 0.265 e. The van der Waals surface area contributed by atoms with Crippen molar-refractivity contribution in [3.63, 3.8) is 0 Å². The van der Waals surface area contributed by atoms with Crippen molar-refractivity contribution in [1.82, 2.24) is 0 Å². The van der Waals surface area contributed by atoms with Crippen molar-refractivity contribution in [3.05, 3.63) is 106 Å². The third-order valence-corrected chi connectivity index (χ3v) is 6.53. The van der Waals surface area contributed by atoms with Crippen LogP contribution in [0.3, 0.4) is 0 Å². The summed E-state index contributed by atoms with van der Waals surface area (Å²) in [5.41, 5.74) is 5.94. The Bertz CT molecular complexity index is 1310. The van der Waals surface area contributed by atoms with E-state index in [0.717, 1.165) is 28.2 Å². The highest BCUT2D eigenvalue weighted by molar-refractivity contribution is 7.12. The number of hydrogen-bond acceptors (Lipinski definition) is 4. The first kappa shape index (κ1) is 20.0. The molecule has 4 aromatic rings. The number of amides is 2. The molecule has 1 aliphatic rings. The van der Waals surface area contributed by atoms with Crippen molar-refractivity contribution in [2.24, 2.45) is 0 Å². The molecule has 3 aromatic carbocycles. The number of para-hydroxylation sites is 3. The van der Waals surface area contributed by atoms with Crippen LogP contribution in [0.1, 0.15) is 31.2 Å².